The predicted molar refractivity (Wildman–Crippen MR) is 64.5 cm³/mol. The summed E-state index contributed by atoms with van der Waals surface area (Å²) in [7, 11) is 0. The number of aliphatic hydroxyl groups excluding tert-OH is 1. The summed E-state index contributed by atoms with van der Waals surface area (Å²) in [6.07, 6.45) is 3.91. The highest BCUT2D eigenvalue weighted by molar-refractivity contribution is 5.36. The summed E-state index contributed by atoms with van der Waals surface area (Å²) in [6, 6.07) is 0. The monoisotopic (exact) mass is 232 g/mol. The molecule has 1 aromatic rings. The molecule has 1 aromatic heterocycles. The fourth-order valence-electron chi connectivity index (χ4n) is 5.13. The van der Waals surface area contributed by atoms with Crippen molar-refractivity contribution in [3.05, 3.63) is 23.2 Å². The fourth-order valence-corrected chi connectivity index (χ4v) is 5.13. The van der Waals surface area contributed by atoms with E-state index in [-0.39, 0.29) is 11.5 Å². The summed E-state index contributed by atoms with van der Waals surface area (Å²) in [5.74, 6) is 3.85. The third-order valence-electron chi connectivity index (χ3n) is 5.97. The van der Waals surface area contributed by atoms with Crippen molar-refractivity contribution < 1.29 is 9.52 Å². The molecule has 0 aromatic carbocycles. The molecule has 0 bridgehead atoms. The first-order valence-electron chi connectivity index (χ1n) is 6.79. The number of hydrogen-bond acceptors (Lipinski definition) is 2. The highest BCUT2D eigenvalue weighted by Gasteiger charge is 2.67. The van der Waals surface area contributed by atoms with Crippen LogP contribution in [0.5, 0.6) is 0 Å². The van der Waals surface area contributed by atoms with E-state index < -0.39 is 0 Å². The van der Waals surface area contributed by atoms with Crippen molar-refractivity contribution in [3.63, 3.8) is 0 Å². The standard InChI is InChI=1S/C15H20O2/c1-7-6-17-11-5-15(3)10-4-9(10)8(2)13(15)14(16)12(7)11/h6,8-10,13-14,16H,4-5H2,1-3H3/t8-,9-,10-,13-,14+,15+/m1/s1. The van der Waals surface area contributed by atoms with Gasteiger partial charge in [-0.1, -0.05) is 13.8 Å². The van der Waals surface area contributed by atoms with Crippen molar-refractivity contribution in [2.45, 2.75) is 39.7 Å². The number of hydrogen-bond donors (Lipinski definition) is 1. The first-order valence-corrected chi connectivity index (χ1v) is 6.79. The van der Waals surface area contributed by atoms with Crippen molar-refractivity contribution in [3.8, 4) is 0 Å². The summed E-state index contributed by atoms with van der Waals surface area (Å²) < 4.78 is 5.67. The van der Waals surface area contributed by atoms with Crippen LogP contribution in [0.15, 0.2) is 10.7 Å². The number of aryl methyl sites for hydroxylation is 1. The second-order valence-corrected chi connectivity index (χ2v) is 6.77. The molecule has 2 nitrogen and oxygen atoms in total. The zero-order valence-electron chi connectivity index (χ0n) is 10.7. The van der Waals surface area contributed by atoms with E-state index in [2.05, 4.69) is 20.8 Å². The van der Waals surface area contributed by atoms with Gasteiger partial charge in [0.2, 0.25) is 0 Å². The van der Waals surface area contributed by atoms with Gasteiger partial charge in [-0.05, 0) is 48.0 Å². The van der Waals surface area contributed by atoms with Crippen molar-refractivity contribution in [1.82, 2.24) is 0 Å². The minimum absolute atomic E-state index is 0.279. The van der Waals surface area contributed by atoms with Gasteiger partial charge in [-0.25, -0.2) is 0 Å². The minimum Gasteiger partial charge on any atom is -0.469 e. The third-order valence-corrected chi connectivity index (χ3v) is 5.97. The second-order valence-electron chi connectivity index (χ2n) is 6.77. The quantitative estimate of drug-likeness (QED) is 0.745. The Kier molecular flexibility index (Phi) is 1.68. The highest BCUT2D eigenvalue weighted by Crippen LogP contribution is 2.72. The van der Waals surface area contributed by atoms with Gasteiger partial charge in [0.05, 0.1) is 12.4 Å². The van der Waals surface area contributed by atoms with E-state index in [1.54, 1.807) is 0 Å². The first-order chi connectivity index (χ1) is 8.04. The molecule has 92 valence electrons. The molecule has 3 aliphatic rings. The Bertz CT molecular complexity index is 489. The molecule has 4 rings (SSSR count). The Morgan fingerprint density at radius 3 is 3.00 bits per heavy atom. The predicted octanol–water partition coefficient (Wildman–Crippen LogP) is 3.09. The van der Waals surface area contributed by atoms with Crippen LogP contribution in [0.1, 0.15) is 43.3 Å². The molecular formula is C15H20O2. The molecule has 0 aliphatic heterocycles. The van der Waals surface area contributed by atoms with Crippen LogP contribution in [0.2, 0.25) is 0 Å². The molecule has 6 atom stereocenters. The molecule has 0 radical (unpaired) electrons. The maximum Gasteiger partial charge on any atom is 0.110 e. The topological polar surface area (TPSA) is 33.4 Å². The molecule has 2 fully saturated rings. The summed E-state index contributed by atoms with van der Waals surface area (Å²) in [5.41, 5.74) is 2.50. The van der Waals surface area contributed by atoms with Gasteiger partial charge in [-0.3, -0.25) is 0 Å². The van der Waals surface area contributed by atoms with Gasteiger partial charge in [-0.2, -0.15) is 0 Å². The molecule has 1 heterocycles. The van der Waals surface area contributed by atoms with Crippen molar-refractivity contribution >= 4 is 0 Å². The summed E-state index contributed by atoms with van der Waals surface area (Å²) in [6.45, 7) is 6.76. The summed E-state index contributed by atoms with van der Waals surface area (Å²) in [5, 5.41) is 10.7. The second kappa shape index (κ2) is 2.80. The van der Waals surface area contributed by atoms with E-state index >= 15 is 0 Å². The largest absolute Gasteiger partial charge is 0.469 e. The van der Waals surface area contributed by atoms with Gasteiger partial charge in [0.1, 0.15) is 5.76 Å². The SMILES string of the molecule is Cc1coc2c1[C@H](O)[C@H]1[C@H](C)[C@H]3C[C@H]3[C@]1(C)C2. The molecule has 0 spiro atoms. The lowest BCUT2D eigenvalue weighted by atomic mass is 9.63. The molecule has 0 unspecified atom stereocenters. The Balaban J connectivity index is 1.87. The molecule has 3 aliphatic carbocycles. The van der Waals surface area contributed by atoms with E-state index in [1.807, 2.05) is 6.26 Å². The van der Waals surface area contributed by atoms with Crippen LogP contribution < -0.4 is 0 Å². The van der Waals surface area contributed by atoms with Gasteiger partial charge >= 0.3 is 0 Å². The molecule has 2 saturated carbocycles. The highest BCUT2D eigenvalue weighted by atomic mass is 16.3. The van der Waals surface area contributed by atoms with Crippen LogP contribution in [-0.4, -0.2) is 5.11 Å². The van der Waals surface area contributed by atoms with Crippen LogP contribution in [0.25, 0.3) is 0 Å². The summed E-state index contributed by atoms with van der Waals surface area (Å²) >= 11 is 0. The van der Waals surface area contributed by atoms with E-state index in [1.165, 1.54) is 6.42 Å². The Morgan fingerprint density at radius 2 is 2.24 bits per heavy atom. The fraction of sp³-hybridized carbons (Fsp3) is 0.733. The van der Waals surface area contributed by atoms with Crippen molar-refractivity contribution in [1.29, 1.82) is 0 Å². The van der Waals surface area contributed by atoms with Crippen molar-refractivity contribution in [2.75, 3.05) is 0 Å². The lowest BCUT2D eigenvalue weighted by Gasteiger charge is -2.43. The molecule has 2 heteroatoms. The maximum absolute atomic E-state index is 10.7. The van der Waals surface area contributed by atoms with Crippen LogP contribution in [0.3, 0.4) is 0 Å². The van der Waals surface area contributed by atoms with Gasteiger partial charge in [-0.15, -0.1) is 0 Å². The number of rotatable bonds is 0. The molecule has 17 heavy (non-hydrogen) atoms. The zero-order chi connectivity index (χ0) is 11.9. The number of aliphatic hydroxyl groups is 1. The minimum atomic E-state index is -0.301. The average Bonchev–Trinajstić information content (AvgIpc) is 2.94. The van der Waals surface area contributed by atoms with Crippen LogP contribution in [0, 0.1) is 36.0 Å². The van der Waals surface area contributed by atoms with Crippen LogP contribution in [0.4, 0.5) is 0 Å². The Morgan fingerprint density at radius 1 is 1.47 bits per heavy atom. The van der Waals surface area contributed by atoms with Crippen LogP contribution in [-0.2, 0) is 6.42 Å². The van der Waals surface area contributed by atoms with Gasteiger partial charge in [0, 0.05) is 12.0 Å². The normalized spacial score (nSPS) is 50.7. The summed E-state index contributed by atoms with van der Waals surface area (Å²) in [4.78, 5) is 0. The smallest absolute Gasteiger partial charge is 0.110 e. The van der Waals surface area contributed by atoms with Crippen molar-refractivity contribution in [2.24, 2.45) is 29.1 Å². The Hall–Kier alpha value is -0.760. The third kappa shape index (κ3) is 1.02. The van der Waals surface area contributed by atoms with E-state index in [4.69, 9.17) is 4.42 Å². The van der Waals surface area contributed by atoms with E-state index in [0.29, 0.717) is 11.8 Å². The lowest BCUT2D eigenvalue weighted by molar-refractivity contribution is -0.0123. The average molecular weight is 232 g/mol. The van der Waals surface area contributed by atoms with E-state index in [0.717, 1.165) is 35.1 Å². The molecular weight excluding hydrogens is 212 g/mol. The van der Waals surface area contributed by atoms with E-state index in [9.17, 15) is 5.11 Å². The molecule has 1 N–H and O–H groups in total. The first kappa shape index (κ1) is 10.2. The molecule has 0 saturated heterocycles. The number of fused-ring (bicyclic) bond motifs is 4. The molecule has 0 amide bonds. The van der Waals surface area contributed by atoms with Gasteiger partial charge < -0.3 is 9.52 Å². The van der Waals surface area contributed by atoms with Gasteiger partial charge in [0.15, 0.2) is 0 Å². The lowest BCUT2D eigenvalue weighted by Crippen LogP contribution is -2.39. The number of furan rings is 1. The van der Waals surface area contributed by atoms with Gasteiger partial charge in [0.25, 0.3) is 0 Å². The Labute approximate surface area is 102 Å². The maximum atomic E-state index is 10.7. The zero-order valence-corrected chi connectivity index (χ0v) is 10.7. The van der Waals surface area contributed by atoms with Crippen LogP contribution >= 0.6 is 0 Å².